The van der Waals surface area contributed by atoms with Crippen molar-refractivity contribution in [2.24, 2.45) is 0 Å². The second-order valence-corrected chi connectivity index (χ2v) is 13.5. The SMILES string of the molecule is Cc1cc(C)c(NC(=O)C2([P+](c3ccccc3)(c3ccccc3)c3ccccc3)CCC2)c(C)c1.[Y]. The number of nitrogens with one attached hydrogen (secondary N) is 1. The van der Waals surface area contributed by atoms with E-state index in [0.717, 1.165) is 36.1 Å². The number of rotatable bonds is 6. The van der Waals surface area contributed by atoms with Gasteiger partial charge in [0.25, 0.3) is 5.91 Å². The summed E-state index contributed by atoms with van der Waals surface area (Å²) in [6.07, 6.45) is 2.83. The van der Waals surface area contributed by atoms with Crippen molar-refractivity contribution in [3.8, 4) is 0 Å². The molecule has 0 aliphatic heterocycles. The molecule has 4 aromatic rings. The molecule has 0 atom stereocenters. The van der Waals surface area contributed by atoms with E-state index in [2.05, 4.69) is 129 Å². The third-order valence-electron chi connectivity index (χ3n) is 7.59. The predicted octanol–water partition coefficient (Wildman–Crippen LogP) is 6.46. The summed E-state index contributed by atoms with van der Waals surface area (Å²) in [6.45, 7) is 6.30. The normalized spacial score (nSPS) is 14.3. The summed E-state index contributed by atoms with van der Waals surface area (Å²) in [5, 5.41) is 6.76. The van der Waals surface area contributed by atoms with Gasteiger partial charge in [-0.1, -0.05) is 72.3 Å². The molecular formula is C32H33NOPY+. The third kappa shape index (κ3) is 4.43. The predicted molar refractivity (Wildman–Crippen MR) is 151 cm³/mol. The molecule has 0 aromatic heterocycles. The van der Waals surface area contributed by atoms with Crippen molar-refractivity contribution in [1.29, 1.82) is 0 Å². The van der Waals surface area contributed by atoms with Crippen LogP contribution in [0.3, 0.4) is 0 Å². The van der Waals surface area contributed by atoms with Gasteiger partial charge in [-0.15, -0.1) is 0 Å². The maximum Gasteiger partial charge on any atom is 0.269 e. The number of carbonyl (C=O) groups is 1. The van der Waals surface area contributed by atoms with E-state index in [9.17, 15) is 4.79 Å². The molecule has 0 saturated heterocycles. The fourth-order valence-electron chi connectivity index (χ4n) is 5.98. The molecule has 0 heterocycles. The molecule has 179 valence electrons. The monoisotopic (exact) mass is 567 g/mol. The zero-order chi connectivity index (χ0) is 24.5. The van der Waals surface area contributed by atoms with Crippen LogP contribution in [0.1, 0.15) is 36.0 Å². The number of anilines is 1. The minimum Gasteiger partial charge on any atom is -0.322 e. The second kappa shape index (κ2) is 11.1. The largest absolute Gasteiger partial charge is 0.322 e. The zero-order valence-electron chi connectivity index (χ0n) is 21.4. The molecule has 1 N–H and O–H groups in total. The van der Waals surface area contributed by atoms with E-state index < -0.39 is 12.4 Å². The summed E-state index contributed by atoms with van der Waals surface area (Å²) in [7, 11) is -2.33. The number of hydrogen-bond acceptors (Lipinski definition) is 1. The van der Waals surface area contributed by atoms with Crippen molar-refractivity contribution in [3.05, 3.63) is 120 Å². The molecule has 1 aliphatic rings. The minimum absolute atomic E-state index is 0. The number of aryl methyl sites for hydroxylation is 3. The second-order valence-electron chi connectivity index (χ2n) is 9.79. The first-order valence-corrected chi connectivity index (χ1v) is 14.2. The Balaban J connectivity index is 0.00000304. The summed E-state index contributed by atoms with van der Waals surface area (Å²) < 4.78 is 0. The fraction of sp³-hybridized carbons (Fsp3) is 0.219. The van der Waals surface area contributed by atoms with Crippen LogP contribution in [0.4, 0.5) is 5.69 Å². The summed E-state index contributed by atoms with van der Waals surface area (Å²) in [5.41, 5.74) is 4.41. The van der Waals surface area contributed by atoms with Crippen molar-refractivity contribution in [3.63, 3.8) is 0 Å². The van der Waals surface area contributed by atoms with Gasteiger partial charge in [-0.25, -0.2) is 0 Å². The van der Waals surface area contributed by atoms with E-state index in [4.69, 9.17) is 0 Å². The van der Waals surface area contributed by atoms with Crippen molar-refractivity contribution < 1.29 is 37.5 Å². The summed E-state index contributed by atoms with van der Waals surface area (Å²) in [5.74, 6) is 0.156. The van der Waals surface area contributed by atoms with Gasteiger partial charge >= 0.3 is 0 Å². The Morgan fingerprint density at radius 3 is 1.42 bits per heavy atom. The van der Waals surface area contributed by atoms with Crippen LogP contribution in [-0.4, -0.2) is 11.1 Å². The molecule has 0 spiro atoms. The third-order valence-corrected chi connectivity index (χ3v) is 12.7. The molecule has 0 bridgehead atoms. The molecule has 1 radical (unpaired) electrons. The van der Waals surface area contributed by atoms with E-state index in [0.29, 0.717) is 0 Å². The van der Waals surface area contributed by atoms with E-state index >= 15 is 0 Å². The Morgan fingerprint density at radius 1 is 0.694 bits per heavy atom. The molecule has 1 fully saturated rings. The number of carbonyl (C=O) groups excluding carboxylic acids is 1. The molecule has 2 nitrogen and oxygen atoms in total. The minimum atomic E-state index is -2.33. The Morgan fingerprint density at radius 2 is 1.08 bits per heavy atom. The standard InChI is InChI=1S/C32H32NOP.Y/c1-24-22-25(2)30(26(3)23-24)33-31(34)32(20-13-21-32)35(27-14-7-4-8-15-27,28-16-9-5-10-17-28)29-18-11-6-12-19-29;/h4-12,14-19,22-23H,13,20-21H2,1-3H3;/p+1. The smallest absolute Gasteiger partial charge is 0.269 e. The molecular weight excluding hydrogens is 534 g/mol. The zero-order valence-corrected chi connectivity index (χ0v) is 25.1. The van der Waals surface area contributed by atoms with Crippen LogP contribution in [-0.2, 0) is 37.5 Å². The van der Waals surface area contributed by atoms with Gasteiger partial charge < -0.3 is 5.32 Å². The fourth-order valence-corrected chi connectivity index (χ4v) is 11.6. The van der Waals surface area contributed by atoms with Crippen LogP contribution in [0.2, 0.25) is 0 Å². The Hall–Kier alpha value is -2.12. The van der Waals surface area contributed by atoms with Gasteiger partial charge in [-0.3, -0.25) is 4.79 Å². The van der Waals surface area contributed by atoms with Crippen LogP contribution in [0.25, 0.3) is 0 Å². The first-order chi connectivity index (χ1) is 17.0. The average molecular weight is 568 g/mol. The van der Waals surface area contributed by atoms with Crippen LogP contribution in [0.15, 0.2) is 103 Å². The first kappa shape index (κ1) is 26.9. The maximum absolute atomic E-state index is 14.6. The van der Waals surface area contributed by atoms with E-state index in [-0.39, 0.29) is 38.6 Å². The van der Waals surface area contributed by atoms with Crippen molar-refractivity contribution in [2.45, 2.75) is 45.2 Å². The van der Waals surface area contributed by atoms with Crippen LogP contribution in [0, 0.1) is 20.8 Å². The quantitative estimate of drug-likeness (QED) is 0.266. The number of hydrogen-bond donors (Lipinski definition) is 1. The molecule has 5 rings (SSSR count). The summed E-state index contributed by atoms with van der Waals surface area (Å²) in [4.78, 5) is 14.6. The molecule has 1 saturated carbocycles. The van der Waals surface area contributed by atoms with E-state index in [1.807, 2.05) is 0 Å². The maximum atomic E-state index is 14.6. The number of amides is 1. The van der Waals surface area contributed by atoms with Gasteiger partial charge in [0.15, 0.2) is 5.16 Å². The summed E-state index contributed by atoms with van der Waals surface area (Å²) in [6, 6.07) is 36.7. The first-order valence-electron chi connectivity index (χ1n) is 12.4. The molecule has 0 unspecified atom stereocenters. The Kier molecular flexibility index (Phi) is 8.30. The van der Waals surface area contributed by atoms with Gasteiger partial charge in [-0.2, -0.15) is 0 Å². The van der Waals surface area contributed by atoms with Crippen LogP contribution >= 0.6 is 7.26 Å². The molecule has 4 heteroatoms. The van der Waals surface area contributed by atoms with Gasteiger partial charge in [0.2, 0.25) is 0 Å². The van der Waals surface area contributed by atoms with Gasteiger partial charge in [-0.05, 0) is 87.6 Å². The summed E-state index contributed by atoms with van der Waals surface area (Å²) >= 11 is 0. The van der Waals surface area contributed by atoms with Gasteiger partial charge in [0.1, 0.15) is 23.2 Å². The Bertz CT molecular complexity index is 1220. The van der Waals surface area contributed by atoms with E-state index in [1.54, 1.807) is 0 Å². The average Bonchev–Trinajstić information content (AvgIpc) is 2.85. The van der Waals surface area contributed by atoms with Crippen LogP contribution in [0.5, 0.6) is 0 Å². The number of benzene rings is 4. The molecule has 1 amide bonds. The van der Waals surface area contributed by atoms with Crippen molar-refractivity contribution in [2.75, 3.05) is 5.32 Å². The topological polar surface area (TPSA) is 29.1 Å². The van der Waals surface area contributed by atoms with Gasteiger partial charge in [0.05, 0.1) is 0 Å². The van der Waals surface area contributed by atoms with Crippen LogP contribution < -0.4 is 21.2 Å². The van der Waals surface area contributed by atoms with E-state index in [1.165, 1.54) is 21.5 Å². The van der Waals surface area contributed by atoms with Crippen molar-refractivity contribution in [1.82, 2.24) is 0 Å². The molecule has 4 aromatic carbocycles. The van der Waals surface area contributed by atoms with Crippen molar-refractivity contribution >= 4 is 34.8 Å². The molecule has 1 aliphatic carbocycles. The Labute approximate surface area is 241 Å². The molecule has 36 heavy (non-hydrogen) atoms. The van der Waals surface area contributed by atoms with Gasteiger partial charge in [0, 0.05) is 38.4 Å².